The Hall–Kier alpha value is -0.920. The summed E-state index contributed by atoms with van der Waals surface area (Å²) in [4.78, 5) is 11.3. The first-order chi connectivity index (χ1) is 9.04. The Bertz CT molecular complexity index is 542. The minimum atomic E-state index is -3.70. The molecular weight excluding hydrogens is 336 g/mol. The van der Waals surface area contributed by atoms with Crippen molar-refractivity contribution < 1.29 is 21.2 Å². The van der Waals surface area contributed by atoms with Gasteiger partial charge in [-0.1, -0.05) is 18.2 Å². The Kier molecular flexibility index (Phi) is 4.59. The molecule has 1 aliphatic rings. The number of carbonyl (C=O) groups is 1. The smallest absolute Gasteiger partial charge is 0.320 e. The van der Waals surface area contributed by atoms with E-state index in [2.05, 4.69) is 20.1 Å². The average Bonchev–Trinajstić information content (AvgIpc) is 3.18. The number of hydrogen-bond donors (Lipinski definition) is 0. The van der Waals surface area contributed by atoms with Crippen molar-refractivity contribution in [1.82, 2.24) is 0 Å². The fourth-order valence-corrected chi connectivity index (χ4v) is 3.06. The molecule has 2 atom stereocenters. The lowest BCUT2D eigenvalue weighted by atomic mass is 10.2. The Morgan fingerprint density at radius 2 is 2.00 bits per heavy atom. The summed E-state index contributed by atoms with van der Waals surface area (Å²) < 4.78 is 32.9. The quantitative estimate of drug-likeness (QED) is 0.737. The van der Waals surface area contributed by atoms with Crippen LogP contribution in [0.25, 0.3) is 0 Å². The molecule has 1 aromatic carbocycles. The van der Waals surface area contributed by atoms with Gasteiger partial charge in [-0.15, -0.1) is 0 Å². The summed E-state index contributed by atoms with van der Waals surface area (Å²) in [7, 11) is -3.70. The molecule has 0 aliphatic heterocycles. The van der Waals surface area contributed by atoms with Gasteiger partial charge in [0.15, 0.2) is 16.3 Å². The molecular formula is C12H13BrO5S. The molecule has 2 rings (SSSR count). The fraction of sp³-hybridized carbons (Fsp3) is 0.417. The van der Waals surface area contributed by atoms with Crippen LogP contribution in [0.5, 0.6) is 0 Å². The first kappa shape index (κ1) is 14.5. The summed E-state index contributed by atoms with van der Waals surface area (Å²) in [6.07, 6.45) is 1.25. The van der Waals surface area contributed by atoms with E-state index in [4.69, 9.17) is 4.18 Å². The molecule has 0 bridgehead atoms. The molecule has 0 aromatic heterocycles. The van der Waals surface area contributed by atoms with Crippen LogP contribution in [0.1, 0.15) is 12.8 Å². The molecule has 0 saturated heterocycles. The van der Waals surface area contributed by atoms with Crippen molar-refractivity contribution in [3.8, 4) is 0 Å². The van der Waals surface area contributed by atoms with Crippen LogP contribution < -0.4 is 0 Å². The van der Waals surface area contributed by atoms with Crippen LogP contribution in [0, 0.1) is 11.8 Å². The molecule has 1 aliphatic carbocycles. The maximum Gasteiger partial charge on any atom is 0.320 e. The Labute approximate surface area is 120 Å². The topological polar surface area (TPSA) is 69.7 Å². The van der Waals surface area contributed by atoms with Gasteiger partial charge in [-0.2, -0.15) is 8.42 Å². The van der Waals surface area contributed by atoms with Crippen LogP contribution in [-0.2, 0) is 22.9 Å². The van der Waals surface area contributed by atoms with Crippen molar-refractivity contribution in [2.75, 3.05) is 6.61 Å². The zero-order chi connectivity index (χ0) is 13.9. The number of benzene rings is 1. The van der Waals surface area contributed by atoms with Crippen molar-refractivity contribution in [2.45, 2.75) is 17.7 Å². The lowest BCUT2D eigenvalue weighted by Crippen LogP contribution is -2.09. The van der Waals surface area contributed by atoms with Gasteiger partial charge < -0.3 is 3.83 Å². The molecule has 1 fully saturated rings. The average molecular weight is 349 g/mol. The molecule has 1 aromatic rings. The Balaban J connectivity index is 1.79. The van der Waals surface area contributed by atoms with Crippen LogP contribution in [0.3, 0.4) is 0 Å². The van der Waals surface area contributed by atoms with Gasteiger partial charge in [0, 0.05) is 0 Å². The number of rotatable bonds is 6. The highest BCUT2D eigenvalue weighted by Crippen LogP contribution is 2.42. The van der Waals surface area contributed by atoms with Gasteiger partial charge in [0.25, 0.3) is 10.1 Å². The molecule has 0 radical (unpaired) electrons. The summed E-state index contributed by atoms with van der Waals surface area (Å²) in [6, 6.07) is 7.98. The zero-order valence-corrected chi connectivity index (χ0v) is 12.4. The molecule has 0 spiro atoms. The minimum absolute atomic E-state index is 0.0773. The highest BCUT2D eigenvalue weighted by Gasteiger charge is 2.43. The molecule has 5 nitrogen and oxygen atoms in total. The van der Waals surface area contributed by atoms with E-state index >= 15 is 0 Å². The second kappa shape index (κ2) is 6.02. The van der Waals surface area contributed by atoms with Crippen molar-refractivity contribution in [2.24, 2.45) is 11.8 Å². The number of halogens is 1. The van der Waals surface area contributed by atoms with E-state index in [1.165, 1.54) is 12.1 Å². The van der Waals surface area contributed by atoms with E-state index in [0.717, 1.165) is 6.42 Å². The minimum Gasteiger partial charge on any atom is -0.383 e. The van der Waals surface area contributed by atoms with Gasteiger partial charge >= 0.3 is 5.97 Å². The molecule has 7 heteroatoms. The van der Waals surface area contributed by atoms with E-state index < -0.39 is 10.1 Å². The molecule has 2 unspecified atom stereocenters. The number of hydrogen-bond acceptors (Lipinski definition) is 5. The van der Waals surface area contributed by atoms with Crippen LogP contribution in [0.4, 0.5) is 0 Å². The van der Waals surface area contributed by atoms with Crippen molar-refractivity contribution >= 4 is 32.3 Å². The SMILES string of the molecule is O=C(OBr)C1CC1CCOS(=O)(=O)c1ccccc1. The van der Waals surface area contributed by atoms with Gasteiger partial charge in [0.2, 0.25) is 0 Å². The normalized spacial score (nSPS) is 21.9. The summed E-state index contributed by atoms with van der Waals surface area (Å²) in [5, 5.41) is 0. The number of carbonyl (C=O) groups excluding carboxylic acids is 1. The molecule has 0 amide bonds. The van der Waals surface area contributed by atoms with E-state index in [9.17, 15) is 13.2 Å². The lowest BCUT2D eigenvalue weighted by Gasteiger charge is -2.04. The van der Waals surface area contributed by atoms with Crippen molar-refractivity contribution in [3.05, 3.63) is 30.3 Å². The van der Waals surface area contributed by atoms with Gasteiger partial charge in [-0.25, -0.2) is 0 Å². The van der Waals surface area contributed by atoms with Crippen molar-refractivity contribution in [1.29, 1.82) is 0 Å². The first-order valence-electron chi connectivity index (χ1n) is 5.81. The molecule has 0 heterocycles. The summed E-state index contributed by atoms with van der Waals surface area (Å²) in [5.41, 5.74) is 0. The molecule has 1 saturated carbocycles. The molecule has 19 heavy (non-hydrogen) atoms. The third kappa shape index (κ3) is 3.77. The van der Waals surface area contributed by atoms with E-state index in [-0.39, 0.29) is 29.3 Å². The van der Waals surface area contributed by atoms with Crippen molar-refractivity contribution in [3.63, 3.8) is 0 Å². The Morgan fingerprint density at radius 1 is 1.32 bits per heavy atom. The zero-order valence-electron chi connectivity index (χ0n) is 9.99. The summed E-state index contributed by atoms with van der Waals surface area (Å²) >= 11 is 2.64. The second-order valence-corrected chi connectivity index (χ2v) is 6.32. The predicted molar refractivity (Wildman–Crippen MR) is 70.8 cm³/mol. The van der Waals surface area contributed by atoms with Crippen LogP contribution in [0.15, 0.2) is 35.2 Å². The van der Waals surface area contributed by atoms with Gasteiger partial charge in [0.1, 0.15) is 0 Å². The molecule has 104 valence electrons. The van der Waals surface area contributed by atoms with Gasteiger partial charge in [-0.05, 0) is 30.9 Å². The van der Waals surface area contributed by atoms with E-state index in [0.29, 0.717) is 6.42 Å². The maximum absolute atomic E-state index is 11.8. The van der Waals surface area contributed by atoms with E-state index in [1.54, 1.807) is 18.2 Å². The van der Waals surface area contributed by atoms with Crippen LogP contribution in [0.2, 0.25) is 0 Å². The maximum atomic E-state index is 11.8. The lowest BCUT2D eigenvalue weighted by molar-refractivity contribution is -0.134. The van der Waals surface area contributed by atoms with Gasteiger partial charge in [-0.3, -0.25) is 8.98 Å². The highest BCUT2D eigenvalue weighted by molar-refractivity contribution is 9.06. The molecule has 0 N–H and O–H groups in total. The van der Waals surface area contributed by atoms with Crippen LogP contribution in [-0.4, -0.2) is 21.0 Å². The largest absolute Gasteiger partial charge is 0.383 e. The predicted octanol–water partition coefficient (Wildman–Crippen LogP) is 2.27. The monoisotopic (exact) mass is 348 g/mol. The van der Waals surface area contributed by atoms with Crippen LogP contribution >= 0.6 is 16.3 Å². The van der Waals surface area contributed by atoms with E-state index in [1.807, 2.05) is 0 Å². The Morgan fingerprint density at radius 3 is 2.63 bits per heavy atom. The second-order valence-electron chi connectivity index (χ2n) is 4.38. The summed E-state index contributed by atoms with van der Waals surface area (Å²) in [5.74, 6) is -0.297. The first-order valence-corrected chi connectivity index (χ1v) is 7.87. The highest BCUT2D eigenvalue weighted by atomic mass is 79.9. The fourth-order valence-electron chi connectivity index (χ4n) is 1.88. The van der Waals surface area contributed by atoms with Gasteiger partial charge in [0.05, 0.1) is 17.4 Å². The summed E-state index contributed by atoms with van der Waals surface area (Å²) in [6.45, 7) is 0.0773. The standard InChI is InChI=1S/C12H13BrO5S/c13-18-12(14)11-8-9(11)6-7-17-19(15,16)10-4-2-1-3-5-10/h1-5,9,11H,6-8H2. The third-order valence-electron chi connectivity index (χ3n) is 3.06. The third-order valence-corrected chi connectivity index (χ3v) is 4.71.